The van der Waals surface area contributed by atoms with Gasteiger partial charge >= 0.3 is 8.69 Å². The van der Waals surface area contributed by atoms with E-state index in [1.54, 1.807) is 0 Å². The van der Waals surface area contributed by atoms with E-state index >= 15 is 0 Å². The van der Waals surface area contributed by atoms with Crippen molar-refractivity contribution in [1.29, 1.82) is 0 Å². The van der Waals surface area contributed by atoms with E-state index in [0.29, 0.717) is 17.9 Å². The molecule has 1 unspecified atom stereocenters. The van der Waals surface area contributed by atoms with Gasteiger partial charge in [-0.2, -0.15) is 0 Å². The summed E-state index contributed by atoms with van der Waals surface area (Å²) in [7, 11) is -0.198. The molecule has 0 heterocycles. The highest BCUT2D eigenvalue weighted by Crippen LogP contribution is 2.23. The van der Waals surface area contributed by atoms with E-state index in [2.05, 4.69) is 27.7 Å². The van der Waals surface area contributed by atoms with Crippen molar-refractivity contribution < 1.29 is 9.09 Å². The first-order valence-electron chi connectivity index (χ1n) is 4.40. The number of rotatable bonds is 5. The summed E-state index contributed by atoms with van der Waals surface area (Å²) in [5, 5.41) is 0. The molecule has 2 nitrogen and oxygen atoms in total. The Morgan fingerprint density at radius 3 is 2.42 bits per heavy atom. The minimum absolute atomic E-state index is 0.198. The molecule has 3 heteroatoms. The molecular formula is C9H19O2P. The third-order valence-electron chi connectivity index (χ3n) is 1.80. The maximum atomic E-state index is 9.99. The molecule has 0 aliphatic carbocycles. The molecule has 12 heavy (non-hydrogen) atoms. The average molecular weight is 190 g/mol. The van der Waals surface area contributed by atoms with Gasteiger partial charge in [0.2, 0.25) is 0 Å². The molecule has 0 aromatic carbocycles. The number of hydrogen-bond acceptors (Lipinski definition) is 2. The van der Waals surface area contributed by atoms with E-state index in [-0.39, 0.29) is 8.69 Å². The van der Waals surface area contributed by atoms with Crippen molar-refractivity contribution in [3.8, 4) is 0 Å². The first kappa shape index (κ1) is 12.1. The molecule has 0 amide bonds. The lowest BCUT2D eigenvalue weighted by molar-refractivity contribution is 0.245. The van der Waals surface area contributed by atoms with E-state index in [1.807, 2.05) is 0 Å². The van der Waals surface area contributed by atoms with Crippen molar-refractivity contribution in [1.82, 2.24) is 0 Å². The SMILES string of the molecule is CC(CCC(C)(C)C)COP=O. The Kier molecular flexibility index (Phi) is 5.69. The van der Waals surface area contributed by atoms with Gasteiger partial charge in [-0.1, -0.05) is 27.7 Å². The van der Waals surface area contributed by atoms with Crippen LogP contribution in [-0.4, -0.2) is 6.61 Å². The Balaban J connectivity index is 3.43. The summed E-state index contributed by atoms with van der Waals surface area (Å²) in [4.78, 5) is 0. The maximum absolute atomic E-state index is 9.99. The second-order valence-corrected chi connectivity index (χ2v) is 4.98. The topological polar surface area (TPSA) is 26.3 Å². The summed E-state index contributed by atoms with van der Waals surface area (Å²) in [6, 6.07) is 0. The zero-order chi connectivity index (χ0) is 9.61. The molecule has 0 fully saturated rings. The lowest BCUT2D eigenvalue weighted by atomic mass is 9.87. The summed E-state index contributed by atoms with van der Waals surface area (Å²) < 4.78 is 14.8. The second kappa shape index (κ2) is 5.66. The van der Waals surface area contributed by atoms with Gasteiger partial charge in [-0.3, -0.25) is 4.52 Å². The van der Waals surface area contributed by atoms with Gasteiger partial charge in [0.05, 0.1) is 6.61 Å². The van der Waals surface area contributed by atoms with E-state index in [1.165, 1.54) is 6.42 Å². The maximum Gasteiger partial charge on any atom is 0.327 e. The van der Waals surface area contributed by atoms with Gasteiger partial charge in [-0.15, -0.1) is 0 Å². The number of hydrogen-bond donors (Lipinski definition) is 0. The molecule has 72 valence electrons. The molecule has 0 saturated carbocycles. The molecule has 0 saturated heterocycles. The van der Waals surface area contributed by atoms with Crippen LogP contribution in [0.4, 0.5) is 0 Å². The lowest BCUT2D eigenvalue weighted by Crippen LogP contribution is -2.09. The van der Waals surface area contributed by atoms with Gasteiger partial charge in [0.1, 0.15) is 0 Å². The molecule has 0 radical (unpaired) electrons. The molecule has 0 N–H and O–H groups in total. The monoisotopic (exact) mass is 190 g/mol. The van der Waals surface area contributed by atoms with Crippen molar-refractivity contribution in [2.75, 3.05) is 6.61 Å². The van der Waals surface area contributed by atoms with Crippen molar-refractivity contribution in [3.05, 3.63) is 0 Å². The zero-order valence-corrected chi connectivity index (χ0v) is 9.36. The molecular weight excluding hydrogens is 171 g/mol. The van der Waals surface area contributed by atoms with Gasteiger partial charge < -0.3 is 0 Å². The molecule has 1 atom stereocenters. The lowest BCUT2D eigenvalue weighted by Gasteiger charge is -2.20. The van der Waals surface area contributed by atoms with E-state index < -0.39 is 0 Å². The van der Waals surface area contributed by atoms with Crippen molar-refractivity contribution in [2.24, 2.45) is 11.3 Å². The Morgan fingerprint density at radius 2 is 2.00 bits per heavy atom. The smallest absolute Gasteiger partial charge is 0.294 e. The molecule has 0 aromatic heterocycles. The first-order valence-corrected chi connectivity index (χ1v) is 5.13. The summed E-state index contributed by atoms with van der Waals surface area (Å²) in [6.45, 7) is 9.41. The quantitative estimate of drug-likeness (QED) is 0.618. The van der Waals surface area contributed by atoms with Crippen LogP contribution in [0.5, 0.6) is 0 Å². The van der Waals surface area contributed by atoms with E-state index in [0.717, 1.165) is 6.42 Å². The van der Waals surface area contributed by atoms with Gasteiger partial charge in [0.25, 0.3) is 0 Å². The van der Waals surface area contributed by atoms with Crippen LogP contribution in [-0.2, 0) is 9.09 Å². The Morgan fingerprint density at radius 1 is 1.42 bits per heavy atom. The highest BCUT2D eigenvalue weighted by Gasteiger charge is 2.12. The fourth-order valence-electron chi connectivity index (χ4n) is 0.920. The minimum Gasteiger partial charge on any atom is -0.294 e. The fraction of sp³-hybridized carbons (Fsp3) is 1.00. The van der Waals surface area contributed by atoms with Crippen LogP contribution >= 0.6 is 8.69 Å². The first-order chi connectivity index (χ1) is 5.45. The summed E-state index contributed by atoms with van der Waals surface area (Å²) >= 11 is 0. The van der Waals surface area contributed by atoms with Crippen LogP contribution in [0.15, 0.2) is 0 Å². The third-order valence-corrected chi connectivity index (χ3v) is 2.05. The van der Waals surface area contributed by atoms with Gasteiger partial charge in [-0.05, 0) is 24.2 Å². The van der Waals surface area contributed by atoms with Crippen LogP contribution in [0, 0.1) is 11.3 Å². The van der Waals surface area contributed by atoms with E-state index in [9.17, 15) is 4.57 Å². The van der Waals surface area contributed by atoms with Gasteiger partial charge in [0.15, 0.2) is 0 Å². The summed E-state index contributed by atoms with van der Waals surface area (Å²) in [5.41, 5.74) is 0.392. The van der Waals surface area contributed by atoms with Crippen molar-refractivity contribution in [2.45, 2.75) is 40.5 Å². The summed E-state index contributed by atoms with van der Waals surface area (Å²) in [6.07, 6.45) is 2.33. The third kappa shape index (κ3) is 8.16. The highest BCUT2D eigenvalue weighted by atomic mass is 31.1. The fourth-order valence-corrected chi connectivity index (χ4v) is 1.24. The van der Waals surface area contributed by atoms with Gasteiger partial charge in [-0.25, -0.2) is 4.57 Å². The predicted molar refractivity (Wildman–Crippen MR) is 51.4 cm³/mol. The average Bonchev–Trinajstić information content (AvgIpc) is 1.95. The van der Waals surface area contributed by atoms with Crippen LogP contribution in [0.1, 0.15) is 40.5 Å². The van der Waals surface area contributed by atoms with Crippen molar-refractivity contribution in [3.63, 3.8) is 0 Å². The second-order valence-electron chi connectivity index (χ2n) is 4.57. The zero-order valence-electron chi connectivity index (χ0n) is 8.46. The van der Waals surface area contributed by atoms with E-state index in [4.69, 9.17) is 4.52 Å². The Labute approximate surface area is 77.0 Å². The predicted octanol–water partition coefficient (Wildman–Crippen LogP) is 3.67. The molecule has 0 aliphatic rings. The summed E-state index contributed by atoms with van der Waals surface area (Å²) in [5.74, 6) is 0.505. The Hall–Kier alpha value is 0.0600. The Bertz CT molecular complexity index is 129. The normalized spacial score (nSPS) is 15.0. The van der Waals surface area contributed by atoms with Crippen LogP contribution < -0.4 is 0 Å². The molecule has 0 bridgehead atoms. The standard InChI is InChI=1S/C9H19O2P/c1-8(7-11-12-10)5-6-9(2,3)4/h8H,5-7H2,1-4H3. The molecule has 0 aliphatic heterocycles. The minimum atomic E-state index is -0.198. The van der Waals surface area contributed by atoms with Crippen LogP contribution in [0.3, 0.4) is 0 Å². The largest absolute Gasteiger partial charge is 0.327 e. The molecule has 0 spiro atoms. The highest BCUT2D eigenvalue weighted by molar-refractivity contribution is 7.17. The molecule has 0 aromatic rings. The van der Waals surface area contributed by atoms with Crippen LogP contribution in [0.2, 0.25) is 0 Å². The van der Waals surface area contributed by atoms with Crippen molar-refractivity contribution >= 4 is 8.69 Å². The van der Waals surface area contributed by atoms with Crippen LogP contribution in [0.25, 0.3) is 0 Å². The molecule has 0 rings (SSSR count). The van der Waals surface area contributed by atoms with Gasteiger partial charge in [0, 0.05) is 0 Å².